The molecule has 24 heavy (non-hydrogen) atoms. The van der Waals surface area contributed by atoms with Crippen LogP contribution in [-0.2, 0) is 6.54 Å². The Kier molecular flexibility index (Phi) is 3.99. The average molecular weight is 321 g/mol. The Morgan fingerprint density at radius 1 is 1.29 bits per heavy atom. The second kappa shape index (κ2) is 6.26. The first-order valence-electron chi connectivity index (χ1n) is 7.08. The van der Waals surface area contributed by atoms with Gasteiger partial charge in [-0.1, -0.05) is 0 Å². The van der Waals surface area contributed by atoms with Crippen LogP contribution in [0.2, 0.25) is 0 Å². The van der Waals surface area contributed by atoms with E-state index in [0.29, 0.717) is 17.8 Å². The zero-order valence-electron chi connectivity index (χ0n) is 13.0. The Morgan fingerprint density at radius 3 is 2.79 bits per heavy atom. The molecule has 0 aliphatic rings. The minimum atomic E-state index is 0.0217. The summed E-state index contributed by atoms with van der Waals surface area (Å²) in [5.41, 5.74) is 13.7. The number of ether oxygens (including phenoxy) is 1. The third kappa shape index (κ3) is 2.83. The lowest BCUT2D eigenvalue weighted by atomic mass is 10.0. The minimum Gasteiger partial charge on any atom is -0.496 e. The molecular weight excluding hydrogens is 306 g/mol. The van der Waals surface area contributed by atoms with E-state index >= 15 is 0 Å². The van der Waals surface area contributed by atoms with Gasteiger partial charge in [0.1, 0.15) is 23.2 Å². The maximum absolute atomic E-state index is 9.34. The minimum absolute atomic E-state index is 0.0217. The molecule has 1 aromatic carbocycles. The van der Waals surface area contributed by atoms with Gasteiger partial charge in [0.2, 0.25) is 5.95 Å². The molecule has 0 aliphatic carbocycles. The smallest absolute Gasteiger partial charge is 0.222 e. The highest BCUT2D eigenvalue weighted by atomic mass is 16.5. The fraction of sp³-hybridized carbons (Fsp3) is 0.125. The van der Waals surface area contributed by atoms with Gasteiger partial charge in [0, 0.05) is 23.5 Å². The van der Waals surface area contributed by atoms with E-state index < -0.39 is 0 Å². The summed E-state index contributed by atoms with van der Waals surface area (Å²) in [5.74, 6) is 0.807. The molecule has 0 bridgehead atoms. The number of hydrogen-bond acceptors (Lipinski definition) is 7. The highest BCUT2D eigenvalue weighted by molar-refractivity contribution is 5.74. The number of aromatic nitrogens is 4. The van der Waals surface area contributed by atoms with Gasteiger partial charge in [-0.15, -0.1) is 0 Å². The van der Waals surface area contributed by atoms with Crippen LogP contribution in [0.5, 0.6) is 5.75 Å². The van der Waals surface area contributed by atoms with Gasteiger partial charge in [0.15, 0.2) is 0 Å². The van der Waals surface area contributed by atoms with E-state index in [2.05, 4.69) is 15.0 Å². The molecule has 0 radical (unpaired) electrons. The first kappa shape index (κ1) is 15.3. The van der Waals surface area contributed by atoms with E-state index in [9.17, 15) is 5.26 Å². The van der Waals surface area contributed by atoms with Crippen LogP contribution in [0.4, 0.5) is 11.8 Å². The molecule has 0 amide bonds. The van der Waals surface area contributed by atoms with Crippen LogP contribution in [0.25, 0.3) is 11.3 Å². The zero-order valence-corrected chi connectivity index (χ0v) is 13.0. The molecule has 0 saturated heterocycles. The molecule has 0 atom stereocenters. The lowest BCUT2D eigenvalue weighted by Gasteiger charge is -2.12. The van der Waals surface area contributed by atoms with Crippen molar-refractivity contribution < 1.29 is 4.74 Å². The predicted molar refractivity (Wildman–Crippen MR) is 88.9 cm³/mol. The molecule has 3 rings (SSSR count). The van der Waals surface area contributed by atoms with Crippen molar-refractivity contribution in [3.05, 3.63) is 48.0 Å². The molecule has 2 aromatic heterocycles. The number of nitrogens with two attached hydrogens (primary N) is 2. The number of imidazole rings is 1. The van der Waals surface area contributed by atoms with E-state index in [1.807, 2.05) is 29.0 Å². The van der Waals surface area contributed by atoms with E-state index in [4.69, 9.17) is 16.2 Å². The second-order valence-corrected chi connectivity index (χ2v) is 5.06. The van der Waals surface area contributed by atoms with Gasteiger partial charge in [-0.2, -0.15) is 10.2 Å². The summed E-state index contributed by atoms with van der Waals surface area (Å²) in [6.45, 7) is 0.564. The molecule has 8 heteroatoms. The molecule has 0 saturated carbocycles. The Balaban J connectivity index is 2.12. The number of anilines is 2. The SMILES string of the molecule is COc1ccc(-c2nc(N)nc(N)c2C#N)cc1Cn1ccnc1. The summed E-state index contributed by atoms with van der Waals surface area (Å²) >= 11 is 0. The van der Waals surface area contributed by atoms with Gasteiger partial charge >= 0.3 is 0 Å². The number of hydrogen-bond donors (Lipinski definition) is 2. The van der Waals surface area contributed by atoms with Crippen molar-refractivity contribution in [2.24, 2.45) is 0 Å². The van der Waals surface area contributed by atoms with Crippen molar-refractivity contribution in [3.63, 3.8) is 0 Å². The van der Waals surface area contributed by atoms with Gasteiger partial charge in [-0.05, 0) is 18.2 Å². The van der Waals surface area contributed by atoms with E-state index in [0.717, 1.165) is 11.3 Å². The summed E-state index contributed by atoms with van der Waals surface area (Å²) in [6, 6.07) is 7.54. The number of methoxy groups -OCH3 is 1. The molecule has 2 heterocycles. The Bertz CT molecular complexity index is 913. The molecule has 0 aliphatic heterocycles. The van der Waals surface area contributed by atoms with Gasteiger partial charge in [0.25, 0.3) is 0 Å². The average Bonchev–Trinajstić information content (AvgIpc) is 3.07. The lowest BCUT2D eigenvalue weighted by molar-refractivity contribution is 0.408. The van der Waals surface area contributed by atoms with Gasteiger partial charge in [-0.3, -0.25) is 0 Å². The zero-order chi connectivity index (χ0) is 17.1. The van der Waals surface area contributed by atoms with E-state index in [-0.39, 0.29) is 17.3 Å². The van der Waals surface area contributed by atoms with E-state index in [1.165, 1.54) is 0 Å². The van der Waals surface area contributed by atoms with Crippen LogP contribution in [0.1, 0.15) is 11.1 Å². The summed E-state index contributed by atoms with van der Waals surface area (Å²) in [7, 11) is 1.60. The summed E-state index contributed by atoms with van der Waals surface area (Å²) < 4.78 is 7.32. The standard InChI is InChI=1S/C16H15N7O/c1-24-13-3-2-10(6-11(13)8-23-5-4-20-9-23)14-12(7-17)15(18)22-16(19)21-14/h2-6,9H,8H2,1H3,(H4,18,19,21,22). The fourth-order valence-corrected chi connectivity index (χ4v) is 2.44. The summed E-state index contributed by atoms with van der Waals surface area (Å²) in [4.78, 5) is 12.0. The molecule has 0 spiro atoms. The van der Waals surface area contributed by atoms with Crippen molar-refractivity contribution in [2.75, 3.05) is 18.6 Å². The molecule has 120 valence electrons. The molecule has 3 aromatic rings. The van der Waals surface area contributed by atoms with Crippen molar-refractivity contribution in [3.8, 4) is 23.1 Å². The number of nitriles is 1. The van der Waals surface area contributed by atoms with Crippen molar-refractivity contribution in [1.29, 1.82) is 5.26 Å². The van der Waals surface area contributed by atoms with Crippen molar-refractivity contribution in [2.45, 2.75) is 6.54 Å². The summed E-state index contributed by atoms with van der Waals surface area (Å²) in [5, 5.41) is 9.34. The summed E-state index contributed by atoms with van der Waals surface area (Å²) in [6.07, 6.45) is 5.27. The molecule has 8 nitrogen and oxygen atoms in total. The van der Waals surface area contributed by atoms with Crippen molar-refractivity contribution >= 4 is 11.8 Å². The third-order valence-corrected chi connectivity index (χ3v) is 3.53. The predicted octanol–water partition coefficient (Wildman–Crippen LogP) is 1.43. The number of rotatable bonds is 4. The van der Waals surface area contributed by atoms with Gasteiger partial charge in [0.05, 0.1) is 25.7 Å². The van der Waals surface area contributed by atoms with Crippen LogP contribution in [0, 0.1) is 11.3 Å². The van der Waals surface area contributed by atoms with Crippen LogP contribution in [0.15, 0.2) is 36.9 Å². The largest absolute Gasteiger partial charge is 0.496 e. The highest BCUT2D eigenvalue weighted by Gasteiger charge is 2.15. The van der Waals surface area contributed by atoms with Gasteiger partial charge in [-0.25, -0.2) is 9.97 Å². The maximum Gasteiger partial charge on any atom is 0.222 e. The van der Waals surface area contributed by atoms with Crippen LogP contribution < -0.4 is 16.2 Å². The highest BCUT2D eigenvalue weighted by Crippen LogP contribution is 2.30. The lowest BCUT2D eigenvalue weighted by Crippen LogP contribution is -2.06. The van der Waals surface area contributed by atoms with Gasteiger partial charge < -0.3 is 20.8 Å². The molecule has 0 fully saturated rings. The third-order valence-electron chi connectivity index (χ3n) is 3.53. The first-order valence-corrected chi connectivity index (χ1v) is 7.08. The van der Waals surface area contributed by atoms with Crippen molar-refractivity contribution in [1.82, 2.24) is 19.5 Å². The topological polar surface area (TPSA) is 129 Å². The Hall–Kier alpha value is -3.60. The van der Waals surface area contributed by atoms with Crippen LogP contribution in [0.3, 0.4) is 0 Å². The fourth-order valence-electron chi connectivity index (χ4n) is 2.44. The van der Waals surface area contributed by atoms with Crippen LogP contribution >= 0.6 is 0 Å². The second-order valence-electron chi connectivity index (χ2n) is 5.06. The normalized spacial score (nSPS) is 10.3. The quantitative estimate of drug-likeness (QED) is 0.743. The number of nitrogen functional groups attached to an aromatic ring is 2. The molecule has 4 N–H and O–H groups in total. The molecule has 0 unspecified atom stereocenters. The number of benzene rings is 1. The monoisotopic (exact) mass is 321 g/mol. The van der Waals surface area contributed by atoms with Crippen LogP contribution in [-0.4, -0.2) is 26.6 Å². The van der Waals surface area contributed by atoms with E-state index in [1.54, 1.807) is 25.7 Å². The Labute approximate surface area is 138 Å². The first-order chi connectivity index (χ1) is 11.6. The Morgan fingerprint density at radius 2 is 2.12 bits per heavy atom. The molecular formula is C16H15N7O. The maximum atomic E-state index is 9.34. The number of nitrogens with zero attached hydrogens (tertiary/aromatic N) is 5.